The van der Waals surface area contributed by atoms with E-state index in [2.05, 4.69) is 73.3 Å². The molecule has 3 rings (SSSR count). The van der Waals surface area contributed by atoms with Gasteiger partial charge in [0.1, 0.15) is 0 Å². The van der Waals surface area contributed by atoms with Crippen molar-refractivity contribution in [3.8, 4) is 0 Å². The van der Waals surface area contributed by atoms with Crippen LogP contribution in [0.3, 0.4) is 0 Å². The molecule has 1 N–H and O–H groups in total. The van der Waals surface area contributed by atoms with Crippen LogP contribution in [-0.2, 0) is 5.60 Å². The quantitative estimate of drug-likeness (QED) is 0.780. The fourth-order valence-electron chi connectivity index (χ4n) is 4.18. The number of nitrogens with zero attached hydrogens (tertiary/aromatic N) is 1. The third kappa shape index (κ3) is 4.13. The molecule has 2 atom stereocenters. The fourth-order valence-corrected chi connectivity index (χ4v) is 4.18. The molecule has 2 heteroatoms. The van der Waals surface area contributed by atoms with Gasteiger partial charge in [0, 0.05) is 12.5 Å². The molecule has 1 fully saturated rings. The van der Waals surface area contributed by atoms with Gasteiger partial charge in [-0.2, -0.15) is 0 Å². The Morgan fingerprint density at radius 3 is 2.24 bits per heavy atom. The van der Waals surface area contributed by atoms with Crippen molar-refractivity contribution in [1.29, 1.82) is 0 Å². The third-order valence-corrected chi connectivity index (χ3v) is 5.60. The fraction of sp³-hybridized carbons (Fsp3) is 0.478. The minimum Gasteiger partial charge on any atom is -0.384 e. The van der Waals surface area contributed by atoms with Gasteiger partial charge in [-0.15, -0.1) is 0 Å². The van der Waals surface area contributed by atoms with Crippen LogP contribution in [0.15, 0.2) is 54.6 Å². The summed E-state index contributed by atoms with van der Waals surface area (Å²) in [5.74, 6) is 0.0921. The lowest BCUT2D eigenvalue weighted by Gasteiger charge is -2.39. The molecular formula is C23H31NO. The van der Waals surface area contributed by atoms with Crippen LogP contribution in [0.5, 0.6) is 0 Å². The molecule has 0 radical (unpaired) electrons. The van der Waals surface area contributed by atoms with Gasteiger partial charge in [-0.1, -0.05) is 73.5 Å². The molecular weight excluding hydrogens is 306 g/mol. The first kappa shape index (κ1) is 18.2. The van der Waals surface area contributed by atoms with Gasteiger partial charge >= 0.3 is 0 Å². The number of hydrogen-bond acceptors (Lipinski definition) is 2. The number of rotatable bonds is 7. The van der Waals surface area contributed by atoms with Crippen LogP contribution in [0.4, 0.5) is 0 Å². The van der Waals surface area contributed by atoms with E-state index in [-0.39, 0.29) is 5.92 Å². The zero-order chi connectivity index (χ0) is 17.7. The second kappa shape index (κ2) is 8.16. The lowest BCUT2D eigenvalue weighted by molar-refractivity contribution is -0.0117. The predicted molar refractivity (Wildman–Crippen MR) is 105 cm³/mol. The number of benzene rings is 2. The lowest BCUT2D eigenvalue weighted by atomic mass is 9.74. The standard InChI is InChI=1S/C23H31NO/c1-3-15-23(25,21-13-11-19(2)12-14-21)22(18-24-16-7-8-17-24)20-9-5-4-6-10-20/h4-6,9-14,22,25H,3,7-8,15-18H2,1-2H3/t22-,23+/m0/s1. The predicted octanol–water partition coefficient (Wildman–Crippen LogP) is 4.86. The van der Waals surface area contributed by atoms with Gasteiger partial charge < -0.3 is 10.0 Å². The highest BCUT2D eigenvalue weighted by atomic mass is 16.3. The monoisotopic (exact) mass is 337 g/mol. The van der Waals surface area contributed by atoms with E-state index in [4.69, 9.17) is 0 Å². The molecule has 0 spiro atoms. The second-order valence-corrected chi connectivity index (χ2v) is 7.51. The van der Waals surface area contributed by atoms with Gasteiger partial charge in [0.05, 0.1) is 5.60 Å². The van der Waals surface area contributed by atoms with Gasteiger partial charge in [-0.05, 0) is 50.4 Å². The number of aryl methyl sites for hydroxylation is 1. The van der Waals surface area contributed by atoms with Crippen LogP contribution in [0.2, 0.25) is 0 Å². The van der Waals surface area contributed by atoms with E-state index in [1.807, 2.05) is 0 Å². The smallest absolute Gasteiger partial charge is 0.0976 e. The van der Waals surface area contributed by atoms with E-state index < -0.39 is 5.60 Å². The summed E-state index contributed by atoms with van der Waals surface area (Å²) in [6.07, 6.45) is 4.30. The topological polar surface area (TPSA) is 23.5 Å². The first-order valence-electron chi connectivity index (χ1n) is 9.70. The van der Waals surface area contributed by atoms with Crippen molar-refractivity contribution in [2.75, 3.05) is 19.6 Å². The molecule has 0 aromatic heterocycles. The maximum atomic E-state index is 11.9. The van der Waals surface area contributed by atoms with E-state index >= 15 is 0 Å². The molecule has 2 nitrogen and oxygen atoms in total. The number of likely N-dealkylation sites (tertiary alicyclic amines) is 1. The Kier molecular flexibility index (Phi) is 5.93. The summed E-state index contributed by atoms with van der Waals surface area (Å²) in [4.78, 5) is 2.52. The largest absolute Gasteiger partial charge is 0.384 e. The average Bonchev–Trinajstić information content (AvgIpc) is 3.14. The van der Waals surface area contributed by atoms with Crippen molar-refractivity contribution in [2.45, 2.75) is 51.0 Å². The third-order valence-electron chi connectivity index (χ3n) is 5.60. The van der Waals surface area contributed by atoms with Crippen LogP contribution in [0, 0.1) is 6.92 Å². The molecule has 1 aliphatic heterocycles. The molecule has 0 amide bonds. The summed E-state index contributed by atoms with van der Waals surface area (Å²) in [6.45, 7) is 7.49. The van der Waals surface area contributed by atoms with E-state index in [9.17, 15) is 5.11 Å². The SMILES string of the molecule is CCC[C@@](O)(c1ccc(C)cc1)[C@@H](CN1CCCC1)c1ccccc1. The molecule has 1 heterocycles. The van der Waals surface area contributed by atoms with Gasteiger partial charge in [0.15, 0.2) is 0 Å². The van der Waals surface area contributed by atoms with Crippen molar-refractivity contribution in [3.05, 3.63) is 71.3 Å². The molecule has 2 aromatic rings. The van der Waals surface area contributed by atoms with Crippen LogP contribution in [0.25, 0.3) is 0 Å². The highest BCUT2D eigenvalue weighted by Crippen LogP contribution is 2.41. The van der Waals surface area contributed by atoms with E-state index in [0.29, 0.717) is 0 Å². The summed E-state index contributed by atoms with van der Waals surface area (Å²) in [5, 5.41) is 11.9. The summed E-state index contributed by atoms with van der Waals surface area (Å²) in [5.41, 5.74) is 2.70. The molecule has 2 aromatic carbocycles. The van der Waals surface area contributed by atoms with Gasteiger partial charge in [-0.3, -0.25) is 0 Å². The normalized spacial score (nSPS) is 18.8. The summed E-state index contributed by atoms with van der Waals surface area (Å²) < 4.78 is 0. The molecule has 0 bridgehead atoms. The zero-order valence-electron chi connectivity index (χ0n) is 15.6. The molecule has 0 unspecified atom stereocenters. The van der Waals surface area contributed by atoms with Crippen molar-refractivity contribution in [2.24, 2.45) is 0 Å². The van der Waals surface area contributed by atoms with E-state index in [1.54, 1.807) is 0 Å². The zero-order valence-corrected chi connectivity index (χ0v) is 15.6. The van der Waals surface area contributed by atoms with Gasteiger partial charge in [-0.25, -0.2) is 0 Å². The van der Waals surface area contributed by atoms with Gasteiger partial charge in [0.25, 0.3) is 0 Å². The Labute approximate surface area is 152 Å². The van der Waals surface area contributed by atoms with Crippen molar-refractivity contribution in [1.82, 2.24) is 4.90 Å². The van der Waals surface area contributed by atoms with Crippen LogP contribution in [-0.4, -0.2) is 29.6 Å². The molecule has 0 saturated carbocycles. The van der Waals surface area contributed by atoms with E-state index in [1.165, 1.54) is 24.0 Å². The minimum absolute atomic E-state index is 0.0921. The molecule has 1 saturated heterocycles. The Bertz CT molecular complexity index is 646. The van der Waals surface area contributed by atoms with Crippen molar-refractivity contribution >= 4 is 0 Å². The Balaban J connectivity index is 2.00. The van der Waals surface area contributed by atoms with Gasteiger partial charge in [0.2, 0.25) is 0 Å². The molecule has 0 aliphatic carbocycles. The van der Waals surface area contributed by atoms with Crippen LogP contribution >= 0.6 is 0 Å². The highest BCUT2D eigenvalue weighted by Gasteiger charge is 2.39. The average molecular weight is 338 g/mol. The number of aliphatic hydroxyl groups is 1. The van der Waals surface area contributed by atoms with Crippen molar-refractivity contribution < 1.29 is 5.11 Å². The van der Waals surface area contributed by atoms with Crippen molar-refractivity contribution in [3.63, 3.8) is 0 Å². The maximum Gasteiger partial charge on any atom is 0.0976 e. The summed E-state index contributed by atoms with van der Waals surface area (Å²) >= 11 is 0. The first-order valence-corrected chi connectivity index (χ1v) is 9.70. The lowest BCUT2D eigenvalue weighted by Crippen LogP contribution is -2.40. The minimum atomic E-state index is -0.827. The Morgan fingerprint density at radius 2 is 1.64 bits per heavy atom. The Morgan fingerprint density at radius 1 is 1.00 bits per heavy atom. The second-order valence-electron chi connectivity index (χ2n) is 7.51. The first-order chi connectivity index (χ1) is 12.1. The summed E-state index contributed by atoms with van der Waals surface area (Å²) in [7, 11) is 0. The van der Waals surface area contributed by atoms with E-state index in [0.717, 1.165) is 38.0 Å². The highest BCUT2D eigenvalue weighted by molar-refractivity contribution is 5.33. The molecule has 1 aliphatic rings. The summed E-state index contributed by atoms with van der Waals surface area (Å²) in [6, 6.07) is 19.1. The molecule has 134 valence electrons. The molecule has 25 heavy (non-hydrogen) atoms. The number of hydrogen-bond donors (Lipinski definition) is 1. The van der Waals surface area contributed by atoms with Crippen LogP contribution in [0.1, 0.15) is 55.2 Å². The Hall–Kier alpha value is -1.64. The van der Waals surface area contributed by atoms with Crippen LogP contribution < -0.4 is 0 Å². The maximum absolute atomic E-state index is 11.9.